The first kappa shape index (κ1) is 13.1. The second-order valence-electron chi connectivity index (χ2n) is 5.98. The molecule has 2 aliphatic rings. The minimum atomic E-state index is -1.48. The zero-order valence-electron chi connectivity index (χ0n) is 11.9. The van der Waals surface area contributed by atoms with Crippen molar-refractivity contribution < 1.29 is 14.4 Å². The van der Waals surface area contributed by atoms with Crippen molar-refractivity contribution in [1.29, 1.82) is 0 Å². The summed E-state index contributed by atoms with van der Waals surface area (Å²) >= 11 is 0. The van der Waals surface area contributed by atoms with E-state index in [1.807, 2.05) is 36.4 Å². The van der Waals surface area contributed by atoms with Crippen molar-refractivity contribution in [1.82, 2.24) is 0 Å². The number of hydrogen-bond donors (Lipinski definition) is 0. The van der Waals surface area contributed by atoms with Crippen molar-refractivity contribution >= 4 is 17.3 Å². The fourth-order valence-electron chi connectivity index (χ4n) is 3.80. The largest absolute Gasteiger partial charge is 0.298 e. The van der Waals surface area contributed by atoms with E-state index in [1.54, 1.807) is 18.2 Å². The standard InChI is InChI=1S/C19H14O3/c20-16-10-13-8-4-5-9-14(13)18(22)19(16)15(11-17(19)21)12-6-2-1-3-7-12/h1-9,15H,10-11H2. The lowest BCUT2D eigenvalue weighted by Gasteiger charge is -2.47. The van der Waals surface area contributed by atoms with Crippen molar-refractivity contribution in [3.63, 3.8) is 0 Å². The third-order valence-corrected chi connectivity index (χ3v) is 4.96. The number of rotatable bonds is 1. The molecule has 2 unspecified atom stereocenters. The number of ketones is 3. The summed E-state index contributed by atoms with van der Waals surface area (Å²) in [5.74, 6) is -1.12. The molecule has 0 heterocycles. The minimum Gasteiger partial charge on any atom is -0.298 e. The normalized spacial score (nSPS) is 26.7. The summed E-state index contributed by atoms with van der Waals surface area (Å²) in [5.41, 5.74) is 0.671. The SMILES string of the molecule is O=C1Cc2ccccc2C(=O)C12C(=O)CC2c1ccccc1. The molecule has 2 aromatic rings. The molecule has 2 aliphatic carbocycles. The number of benzene rings is 2. The molecule has 0 amide bonds. The second kappa shape index (κ2) is 4.47. The highest BCUT2D eigenvalue weighted by atomic mass is 16.2. The Morgan fingerprint density at radius 3 is 2.23 bits per heavy atom. The Morgan fingerprint density at radius 1 is 0.818 bits per heavy atom. The van der Waals surface area contributed by atoms with Crippen molar-refractivity contribution in [3.05, 3.63) is 71.3 Å². The summed E-state index contributed by atoms with van der Waals surface area (Å²) in [6, 6.07) is 16.5. The summed E-state index contributed by atoms with van der Waals surface area (Å²) in [6.07, 6.45) is 0.431. The van der Waals surface area contributed by atoms with Gasteiger partial charge in [0.25, 0.3) is 0 Å². The molecule has 22 heavy (non-hydrogen) atoms. The molecule has 0 N–H and O–H groups in total. The number of Topliss-reactive ketones (excluding diaryl/α,β-unsaturated/α-hetero) is 3. The Kier molecular flexibility index (Phi) is 2.67. The van der Waals surface area contributed by atoms with E-state index in [0.717, 1.165) is 11.1 Å². The van der Waals surface area contributed by atoms with Crippen molar-refractivity contribution in [3.8, 4) is 0 Å². The molecule has 108 valence electrons. The van der Waals surface area contributed by atoms with Crippen molar-refractivity contribution in [2.75, 3.05) is 0 Å². The molecule has 1 saturated carbocycles. The monoisotopic (exact) mass is 290 g/mol. The first-order valence-electron chi connectivity index (χ1n) is 7.40. The van der Waals surface area contributed by atoms with Crippen LogP contribution in [0.15, 0.2) is 54.6 Å². The highest BCUT2D eigenvalue weighted by Crippen LogP contribution is 2.54. The van der Waals surface area contributed by atoms with Gasteiger partial charge in [0.15, 0.2) is 22.8 Å². The Hall–Kier alpha value is -2.55. The highest BCUT2D eigenvalue weighted by molar-refractivity contribution is 6.35. The van der Waals surface area contributed by atoms with Gasteiger partial charge in [-0.05, 0) is 11.1 Å². The molecule has 0 bridgehead atoms. The van der Waals surface area contributed by atoms with E-state index in [2.05, 4.69) is 0 Å². The molecule has 0 aromatic heterocycles. The maximum atomic E-state index is 13.0. The van der Waals surface area contributed by atoms with E-state index in [1.165, 1.54) is 0 Å². The van der Waals surface area contributed by atoms with Gasteiger partial charge in [0.05, 0.1) is 0 Å². The third kappa shape index (κ3) is 1.48. The van der Waals surface area contributed by atoms with Crippen LogP contribution in [0.5, 0.6) is 0 Å². The molecule has 2 atom stereocenters. The van der Waals surface area contributed by atoms with Crippen LogP contribution in [0.25, 0.3) is 0 Å². The molecule has 0 saturated heterocycles. The zero-order valence-corrected chi connectivity index (χ0v) is 11.9. The van der Waals surface area contributed by atoms with Crippen LogP contribution in [0.1, 0.15) is 33.8 Å². The molecule has 0 radical (unpaired) electrons. The van der Waals surface area contributed by atoms with E-state index >= 15 is 0 Å². The van der Waals surface area contributed by atoms with Gasteiger partial charge in [-0.25, -0.2) is 0 Å². The van der Waals surface area contributed by atoms with E-state index in [0.29, 0.717) is 5.56 Å². The predicted molar refractivity (Wildman–Crippen MR) is 80.7 cm³/mol. The molecule has 3 heteroatoms. The molecule has 1 spiro atoms. The lowest BCUT2D eigenvalue weighted by atomic mass is 9.49. The molecular formula is C19H14O3. The summed E-state index contributed by atoms with van der Waals surface area (Å²) in [4.78, 5) is 38.1. The molecule has 3 nitrogen and oxygen atoms in total. The van der Waals surface area contributed by atoms with E-state index in [9.17, 15) is 14.4 Å². The molecule has 2 aromatic carbocycles. The fraction of sp³-hybridized carbons (Fsp3) is 0.211. The Labute approximate surface area is 128 Å². The third-order valence-electron chi connectivity index (χ3n) is 4.96. The summed E-state index contributed by atoms with van der Waals surface area (Å²) in [5, 5.41) is 0. The topological polar surface area (TPSA) is 51.2 Å². The summed E-state index contributed by atoms with van der Waals surface area (Å²) < 4.78 is 0. The lowest BCUT2D eigenvalue weighted by Crippen LogP contribution is -2.61. The Bertz CT molecular complexity index is 806. The van der Waals surface area contributed by atoms with Crippen LogP contribution in [0, 0.1) is 5.41 Å². The van der Waals surface area contributed by atoms with Gasteiger partial charge >= 0.3 is 0 Å². The quantitative estimate of drug-likeness (QED) is 0.759. The van der Waals surface area contributed by atoms with Gasteiger partial charge in [-0.2, -0.15) is 0 Å². The van der Waals surface area contributed by atoms with E-state index < -0.39 is 5.41 Å². The summed E-state index contributed by atoms with van der Waals surface area (Å²) in [6.45, 7) is 0. The van der Waals surface area contributed by atoms with Crippen LogP contribution in [0.4, 0.5) is 0 Å². The van der Waals surface area contributed by atoms with Crippen LogP contribution in [-0.4, -0.2) is 17.3 Å². The Balaban J connectivity index is 1.88. The lowest BCUT2D eigenvalue weighted by molar-refractivity contribution is -0.147. The number of carbonyl (C=O) groups excluding carboxylic acids is 3. The first-order valence-corrected chi connectivity index (χ1v) is 7.40. The average molecular weight is 290 g/mol. The van der Waals surface area contributed by atoms with Gasteiger partial charge in [-0.15, -0.1) is 0 Å². The van der Waals surface area contributed by atoms with Gasteiger partial charge in [-0.1, -0.05) is 54.6 Å². The summed E-state index contributed by atoms with van der Waals surface area (Å²) in [7, 11) is 0. The van der Waals surface area contributed by atoms with Gasteiger partial charge < -0.3 is 0 Å². The molecular weight excluding hydrogens is 276 g/mol. The smallest absolute Gasteiger partial charge is 0.184 e. The van der Waals surface area contributed by atoms with Gasteiger partial charge in [0.1, 0.15) is 0 Å². The zero-order chi connectivity index (χ0) is 15.3. The van der Waals surface area contributed by atoms with Crippen molar-refractivity contribution in [2.24, 2.45) is 5.41 Å². The maximum Gasteiger partial charge on any atom is 0.184 e. The van der Waals surface area contributed by atoms with Crippen LogP contribution in [0.2, 0.25) is 0 Å². The van der Waals surface area contributed by atoms with Crippen LogP contribution < -0.4 is 0 Å². The second-order valence-corrected chi connectivity index (χ2v) is 5.98. The van der Waals surface area contributed by atoms with E-state index in [4.69, 9.17) is 0 Å². The highest BCUT2D eigenvalue weighted by Gasteiger charge is 2.66. The fourth-order valence-corrected chi connectivity index (χ4v) is 3.80. The van der Waals surface area contributed by atoms with Crippen LogP contribution in [-0.2, 0) is 16.0 Å². The molecule has 0 aliphatic heterocycles. The minimum absolute atomic E-state index is 0.164. The van der Waals surface area contributed by atoms with Gasteiger partial charge in [0, 0.05) is 24.3 Å². The van der Waals surface area contributed by atoms with Crippen LogP contribution in [0.3, 0.4) is 0 Å². The Morgan fingerprint density at radius 2 is 1.50 bits per heavy atom. The van der Waals surface area contributed by atoms with Gasteiger partial charge in [-0.3, -0.25) is 14.4 Å². The molecule has 4 rings (SSSR count). The first-order chi connectivity index (χ1) is 10.7. The average Bonchev–Trinajstić information content (AvgIpc) is 2.53. The number of fused-ring (bicyclic) bond motifs is 1. The van der Waals surface area contributed by atoms with Crippen molar-refractivity contribution in [2.45, 2.75) is 18.8 Å². The van der Waals surface area contributed by atoms with Gasteiger partial charge in [0.2, 0.25) is 0 Å². The number of carbonyl (C=O) groups is 3. The van der Waals surface area contributed by atoms with Crippen LogP contribution >= 0.6 is 0 Å². The molecule has 1 fully saturated rings. The van der Waals surface area contributed by atoms with E-state index in [-0.39, 0.29) is 36.1 Å². The number of hydrogen-bond acceptors (Lipinski definition) is 3. The predicted octanol–water partition coefficient (Wildman–Crippen LogP) is 2.74. The maximum absolute atomic E-state index is 13.0.